The van der Waals surface area contributed by atoms with Gasteiger partial charge in [0.1, 0.15) is 11.5 Å². The highest BCUT2D eigenvalue weighted by molar-refractivity contribution is 5.83. The van der Waals surface area contributed by atoms with Crippen LogP contribution in [0, 0.1) is 6.92 Å². The molecule has 0 fully saturated rings. The van der Waals surface area contributed by atoms with Gasteiger partial charge in [0.05, 0.1) is 6.61 Å². The number of esters is 1. The topological polar surface area (TPSA) is 38.8 Å². The van der Waals surface area contributed by atoms with Crippen molar-refractivity contribution in [1.82, 2.24) is 0 Å². The number of benzene rings is 4. The second-order valence-corrected chi connectivity index (χ2v) is 8.33. The van der Waals surface area contributed by atoms with Crippen LogP contribution in [-0.4, -0.2) is 12.6 Å². The van der Waals surface area contributed by atoms with Crippen LogP contribution in [0.5, 0.6) is 11.5 Å². The van der Waals surface area contributed by atoms with Gasteiger partial charge in [-0.3, -0.25) is 0 Å². The first-order chi connectivity index (χ1) is 17.6. The fourth-order valence-electron chi connectivity index (χ4n) is 3.76. The molecule has 0 saturated heterocycles. The number of ether oxygens (including phenoxy) is 2. The zero-order chi connectivity index (χ0) is 25.3. The Labute approximate surface area is 212 Å². The number of anilines is 3. The summed E-state index contributed by atoms with van der Waals surface area (Å²) in [6.45, 7) is 9.89. The van der Waals surface area contributed by atoms with E-state index < -0.39 is 5.97 Å². The maximum absolute atomic E-state index is 11.5. The van der Waals surface area contributed by atoms with Gasteiger partial charge < -0.3 is 14.4 Å². The van der Waals surface area contributed by atoms with E-state index in [2.05, 4.69) is 73.5 Å². The predicted octanol–water partition coefficient (Wildman–Crippen LogP) is 7.82. The minimum atomic E-state index is -0.480. The van der Waals surface area contributed by atoms with Gasteiger partial charge in [-0.05, 0) is 78.7 Å². The maximum Gasteiger partial charge on any atom is 0.335 e. The van der Waals surface area contributed by atoms with E-state index >= 15 is 0 Å². The van der Waals surface area contributed by atoms with E-state index in [9.17, 15) is 4.79 Å². The van der Waals surface area contributed by atoms with Crippen molar-refractivity contribution < 1.29 is 14.3 Å². The van der Waals surface area contributed by atoms with Crippen LogP contribution in [0.1, 0.15) is 16.7 Å². The minimum Gasteiger partial charge on any atom is -0.493 e. The Kier molecular flexibility index (Phi) is 7.99. The van der Waals surface area contributed by atoms with Crippen LogP contribution in [0.3, 0.4) is 0 Å². The van der Waals surface area contributed by atoms with Crippen LogP contribution in [-0.2, 0) is 11.2 Å². The molecule has 4 rings (SSSR count). The number of carbonyl (C=O) groups excluding carboxylic acids is 1. The van der Waals surface area contributed by atoms with Crippen LogP contribution in [0.4, 0.5) is 17.1 Å². The van der Waals surface area contributed by atoms with E-state index in [0.717, 1.165) is 40.9 Å². The molecule has 0 amide bonds. The molecule has 0 aliphatic rings. The molecule has 4 aromatic rings. The fraction of sp³-hybridized carbons (Fsp3) is 0.0938. The van der Waals surface area contributed by atoms with E-state index in [1.165, 1.54) is 11.1 Å². The molecular formula is C32H29NO3. The first-order valence-electron chi connectivity index (χ1n) is 11.8. The van der Waals surface area contributed by atoms with Crippen LogP contribution < -0.4 is 14.4 Å². The van der Waals surface area contributed by atoms with Gasteiger partial charge in [0.15, 0.2) is 0 Å². The second-order valence-electron chi connectivity index (χ2n) is 8.33. The van der Waals surface area contributed by atoms with Gasteiger partial charge in [0.25, 0.3) is 0 Å². The molecule has 0 heterocycles. The van der Waals surface area contributed by atoms with Gasteiger partial charge in [-0.2, -0.15) is 0 Å². The van der Waals surface area contributed by atoms with Gasteiger partial charge in [0.2, 0.25) is 0 Å². The van der Waals surface area contributed by atoms with Crippen molar-refractivity contribution in [3.8, 4) is 11.5 Å². The highest BCUT2D eigenvalue weighted by atomic mass is 16.5. The van der Waals surface area contributed by atoms with E-state index in [4.69, 9.17) is 9.47 Å². The molecule has 0 aliphatic heterocycles. The molecule has 0 N–H and O–H groups in total. The Morgan fingerprint density at radius 3 is 1.83 bits per heavy atom. The SMILES string of the molecule is C=CC(=O)Oc1ccc(N(c2ccc(C)cc2)c2ccc(CCOc3ccc(C=C)cc3)cc2)cc1. The zero-order valence-corrected chi connectivity index (χ0v) is 20.4. The first-order valence-corrected chi connectivity index (χ1v) is 11.8. The van der Waals surface area contributed by atoms with E-state index in [1.807, 2.05) is 42.5 Å². The number of nitrogens with zero attached hydrogens (tertiary/aromatic N) is 1. The number of rotatable bonds is 10. The first kappa shape index (κ1) is 24.6. The van der Waals surface area contributed by atoms with Crippen LogP contribution in [0.15, 0.2) is 116 Å². The smallest absolute Gasteiger partial charge is 0.335 e. The standard InChI is InChI=1S/C32H29NO3/c1-4-25-10-18-30(19-11-25)35-23-22-26-8-14-28(15-9-26)33(27-12-6-24(3)7-13-27)29-16-20-31(21-17-29)36-32(34)5-2/h4-21H,1-2,22-23H2,3H3. The summed E-state index contributed by atoms with van der Waals surface area (Å²) in [5.74, 6) is 0.846. The van der Waals surface area contributed by atoms with Gasteiger partial charge in [-0.15, -0.1) is 0 Å². The number of hydrogen-bond donors (Lipinski definition) is 0. The third-order valence-electron chi connectivity index (χ3n) is 5.74. The Balaban J connectivity index is 1.50. The Bertz CT molecular complexity index is 1310. The van der Waals surface area contributed by atoms with Crippen molar-refractivity contribution in [2.75, 3.05) is 11.5 Å². The molecule has 0 aliphatic carbocycles. The second kappa shape index (κ2) is 11.7. The third-order valence-corrected chi connectivity index (χ3v) is 5.74. The lowest BCUT2D eigenvalue weighted by Crippen LogP contribution is -2.10. The molecule has 4 heteroatoms. The van der Waals surface area contributed by atoms with Gasteiger partial charge in [0, 0.05) is 29.6 Å². The Morgan fingerprint density at radius 2 is 1.28 bits per heavy atom. The summed E-state index contributed by atoms with van der Waals surface area (Å²) in [6, 6.07) is 32.2. The highest BCUT2D eigenvalue weighted by Crippen LogP contribution is 2.35. The van der Waals surface area contributed by atoms with Crippen LogP contribution in [0.25, 0.3) is 6.08 Å². The van der Waals surface area contributed by atoms with E-state index in [-0.39, 0.29) is 0 Å². The van der Waals surface area contributed by atoms with Crippen molar-refractivity contribution >= 4 is 29.1 Å². The van der Waals surface area contributed by atoms with Crippen LogP contribution >= 0.6 is 0 Å². The molecule has 0 aromatic heterocycles. The van der Waals surface area contributed by atoms with Crippen molar-refractivity contribution in [2.24, 2.45) is 0 Å². The van der Waals surface area contributed by atoms with Crippen LogP contribution in [0.2, 0.25) is 0 Å². The lowest BCUT2D eigenvalue weighted by Gasteiger charge is -2.26. The van der Waals surface area contributed by atoms with Gasteiger partial charge >= 0.3 is 5.97 Å². The van der Waals surface area contributed by atoms with Gasteiger partial charge in [-0.25, -0.2) is 4.79 Å². The lowest BCUT2D eigenvalue weighted by molar-refractivity contribution is -0.128. The fourth-order valence-corrected chi connectivity index (χ4v) is 3.76. The van der Waals surface area contributed by atoms with Crippen molar-refractivity contribution in [3.05, 3.63) is 133 Å². The molecule has 180 valence electrons. The van der Waals surface area contributed by atoms with E-state index in [0.29, 0.717) is 12.4 Å². The summed E-state index contributed by atoms with van der Waals surface area (Å²) in [5.41, 5.74) is 6.48. The monoisotopic (exact) mass is 475 g/mol. The highest BCUT2D eigenvalue weighted by Gasteiger charge is 2.13. The average molecular weight is 476 g/mol. The molecular weight excluding hydrogens is 446 g/mol. The number of aryl methyl sites for hydroxylation is 1. The average Bonchev–Trinajstić information content (AvgIpc) is 2.92. The molecule has 0 saturated carbocycles. The minimum absolute atomic E-state index is 0.474. The quantitative estimate of drug-likeness (QED) is 0.133. The molecule has 4 aromatic carbocycles. The summed E-state index contributed by atoms with van der Waals surface area (Å²) < 4.78 is 11.1. The molecule has 4 nitrogen and oxygen atoms in total. The lowest BCUT2D eigenvalue weighted by atomic mass is 10.1. The molecule has 36 heavy (non-hydrogen) atoms. The van der Waals surface area contributed by atoms with Crippen molar-refractivity contribution in [1.29, 1.82) is 0 Å². The maximum atomic E-state index is 11.5. The summed E-state index contributed by atoms with van der Waals surface area (Å²) in [6.07, 6.45) is 3.77. The predicted molar refractivity (Wildman–Crippen MR) is 147 cm³/mol. The molecule has 0 atom stereocenters. The zero-order valence-electron chi connectivity index (χ0n) is 20.4. The Hall–Kier alpha value is -4.57. The number of carbonyl (C=O) groups is 1. The summed E-state index contributed by atoms with van der Waals surface area (Å²) in [5, 5.41) is 0. The summed E-state index contributed by atoms with van der Waals surface area (Å²) in [4.78, 5) is 13.7. The third kappa shape index (κ3) is 6.30. The largest absolute Gasteiger partial charge is 0.493 e. The summed E-state index contributed by atoms with van der Waals surface area (Å²) >= 11 is 0. The number of hydrogen-bond acceptors (Lipinski definition) is 4. The molecule has 0 unspecified atom stereocenters. The van der Waals surface area contributed by atoms with E-state index in [1.54, 1.807) is 12.1 Å². The normalized spacial score (nSPS) is 10.4. The molecule has 0 radical (unpaired) electrons. The molecule has 0 spiro atoms. The van der Waals surface area contributed by atoms with Crippen molar-refractivity contribution in [2.45, 2.75) is 13.3 Å². The van der Waals surface area contributed by atoms with Crippen molar-refractivity contribution in [3.63, 3.8) is 0 Å². The summed E-state index contributed by atoms with van der Waals surface area (Å²) in [7, 11) is 0. The Morgan fingerprint density at radius 1 is 0.750 bits per heavy atom. The molecule has 0 bridgehead atoms. The van der Waals surface area contributed by atoms with Gasteiger partial charge in [-0.1, -0.05) is 61.2 Å².